The van der Waals surface area contributed by atoms with Crippen molar-refractivity contribution >= 4 is 0 Å². The van der Waals surface area contributed by atoms with Gasteiger partial charge in [0, 0.05) is 25.7 Å². The molecule has 0 saturated carbocycles. The van der Waals surface area contributed by atoms with Gasteiger partial charge in [0.25, 0.3) is 0 Å². The molecule has 0 unspecified atom stereocenters. The number of rotatable bonds is 5. The number of piperidine rings is 1. The number of hydrogen-bond acceptors (Lipinski definition) is 3. The van der Waals surface area contributed by atoms with Crippen LogP contribution in [0.15, 0.2) is 30.3 Å². The number of nitrogens with zero attached hydrogens (tertiary/aromatic N) is 1. The van der Waals surface area contributed by atoms with E-state index in [1.165, 1.54) is 24.9 Å². The van der Waals surface area contributed by atoms with Crippen molar-refractivity contribution in [1.29, 1.82) is 0 Å². The van der Waals surface area contributed by atoms with Gasteiger partial charge in [-0.3, -0.25) is 4.90 Å². The minimum atomic E-state index is 0.231. The van der Waals surface area contributed by atoms with Gasteiger partial charge >= 0.3 is 0 Å². The predicted molar refractivity (Wildman–Crippen MR) is 69.8 cm³/mol. The van der Waals surface area contributed by atoms with E-state index < -0.39 is 0 Å². The van der Waals surface area contributed by atoms with Gasteiger partial charge in [0.05, 0.1) is 6.61 Å². The maximum atomic E-state index is 8.82. The smallest absolute Gasteiger partial charge is 0.0556 e. The number of likely N-dealkylation sites (tertiary alicyclic amines) is 1. The molecule has 1 aliphatic heterocycles. The van der Waals surface area contributed by atoms with Gasteiger partial charge in [0.1, 0.15) is 0 Å². The van der Waals surface area contributed by atoms with E-state index in [9.17, 15) is 0 Å². The molecular weight excluding hydrogens is 212 g/mol. The van der Waals surface area contributed by atoms with Gasteiger partial charge in [0.15, 0.2) is 0 Å². The molecule has 0 bridgehead atoms. The average Bonchev–Trinajstić information content (AvgIpc) is 2.38. The zero-order valence-electron chi connectivity index (χ0n) is 10.3. The van der Waals surface area contributed by atoms with E-state index in [1.807, 2.05) is 0 Å². The first kappa shape index (κ1) is 12.6. The van der Waals surface area contributed by atoms with Crippen molar-refractivity contribution in [2.45, 2.75) is 25.4 Å². The second-order valence-electron chi connectivity index (χ2n) is 4.74. The van der Waals surface area contributed by atoms with Crippen LogP contribution in [0, 0.1) is 0 Å². The molecule has 0 spiro atoms. The Morgan fingerprint density at radius 2 is 2.12 bits per heavy atom. The van der Waals surface area contributed by atoms with Gasteiger partial charge in [0.2, 0.25) is 0 Å². The first-order valence-electron chi connectivity index (χ1n) is 6.49. The number of nitrogens with one attached hydrogen (secondary N) is 1. The Morgan fingerprint density at radius 1 is 1.29 bits per heavy atom. The highest BCUT2D eigenvalue weighted by Gasteiger charge is 2.18. The van der Waals surface area contributed by atoms with Crippen LogP contribution < -0.4 is 5.32 Å². The molecule has 2 N–H and O–H groups in total. The lowest BCUT2D eigenvalue weighted by molar-refractivity contribution is 0.177. The summed E-state index contributed by atoms with van der Waals surface area (Å²) >= 11 is 0. The minimum absolute atomic E-state index is 0.231. The van der Waals surface area contributed by atoms with E-state index in [1.54, 1.807) is 0 Å². The SMILES string of the molecule is OCCN[C@H]1CCCN(Cc2ccccc2)C1. The quantitative estimate of drug-likeness (QED) is 0.804. The van der Waals surface area contributed by atoms with Crippen molar-refractivity contribution < 1.29 is 5.11 Å². The van der Waals surface area contributed by atoms with Crippen LogP contribution in [0.2, 0.25) is 0 Å². The second kappa shape index (κ2) is 6.74. The summed E-state index contributed by atoms with van der Waals surface area (Å²) in [4.78, 5) is 2.49. The lowest BCUT2D eigenvalue weighted by atomic mass is 10.0. The third-order valence-corrected chi connectivity index (χ3v) is 3.30. The molecule has 0 amide bonds. The Kier molecular flexibility index (Phi) is 4.98. The number of hydrogen-bond donors (Lipinski definition) is 2. The minimum Gasteiger partial charge on any atom is -0.395 e. The molecule has 2 rings (SSSR count). The molecule has 3 nitrogen and oxygen atoms in total. The van der Waals surface area contributed by atoms with Gasteiger partial charge in [-0.1, -0.05) is 30.3 Å². The first-order valence-corrected chi connectivity index (χ1v) is 6.49. The fraction of sp³-hybridized carbons (Fsp3) is 0.571. The molecule has 1 aromatic carbocycles. The number of aliphatic hydroxyl groups is 1. The maximum absolute atomic E-state index is 8.82. The Labute approximate surface area is 103 Å². The van der Waals surface area contributed by atoms with Crippen LogP contribution in [-0.2, 0) is 6.54 Å². The van der Waals surface area contributed by atoms with Crippen LogP contribution in [0.25, 0.3) is 0 Å². The van der Waals surface area contributed by atoms with Gasteiger partial charge in [-0.05, 0) is 24.9 Å². The van der Waals surface area contributed by atoms with Crippen LogP contribution in [-0.4, -0.2) is 42.3 Å². The molecule has 1 aliphatic rings. The van der Waals surface area contributed by atoms with Gasteiger partial charge in [-0.15, -0.1) is 0 Å². The largest absolute Gasteiger partial charge is 0.395 e. The first-order chi connectivity index (χ1) is 8.38. The van der Waals surface area contributed by atoms with E-state index in [0.717, 1.165) is 13.1 Å². The molecule has 1 saturated heterocycles. The zero-order chi connectivity index (χ0) is 11.9. The molecule has 0 aromatic heterocycles. The molecule has 0 radical (unpaired) electrons. The number of benzene rings is 1. The monoisotopic (exact) mass is 234 g/mol. The Morgan fingerprint density at radius 3 is 2.88 bits per heavy atom. The fourth-order valence-corrected chi connectivity index (χ4v) is 2.48. The topological polar surface area (TPSA) is 35.5 Å². The average molecular weight is 234 g/mol. The summed E-state index contributed by atoms with van der Waals surface area (Å²) < 4.78 is 0. The highest BCUT2D eigenvalue weighted by molar-refractivity contribution is 5.14. The van der Waals surface area contributed by atoms with Gasteiger partial charge < -0.3 is 10.4 Å². The van der Waals surface area contributed by atoms with Crippen molar-refractivity contribution in [3.63, 3.8) is 0 Å². The lowest BCUT2D eigenvalue weighted by Crippen LogP contribution is -2.46. The van der Waals surface area contributed by atoms with Crippen LogP contribution in [0.5, 0.6) is 0 Å². The standard InChI is InChI=1S/C14H22N2O/c17-10-8-15-14-7-4-9-16(12-14)11-13-5-2-1-3-6-13/h1-3,5-6,14-15,17H,4,7-12H2/t14-/m0/s1. The van der Waals surface area contributed by atoms with E-state index in [4.69, 9.17) is 5.11 Å². The summed E-state index contributed by atoms with van der Waals surface area (Å²) in [5.41, 5.74) is 1.38. The summed E-state index contributed by atoms with van der Waals surface area (Å²) in [5.74, 6) is 0. The van der Waals surface area contributed by atoms with Crippen LogP contribution in [0.3, 0.4) is 0 Å². The molecule has 1 atom stereocenters. The Balaban J connectivity index is 1.81. The highest BCUT2D eigenvalue weighted by atomic mass is 16.3. The van der Waals surface area contributed by atoms with Crippen molar-refractivity contribution in [3.8, 4) is 0 Å². The van der Waals surface area contributed by atoms with Crippen LogP contribution >= 0.6 is 0 Å². The van der Waals surface area contributed by atoms with Crippen LogP contribution in [0.1, 0.15) is 18.4 Å². The third kappa shape index (κ3) is 4.11. The van der Waals surface area contributed by atoms with E-state index >= 15 is 0 Å². The number of aliphatic hydroxyl groups excluding tert-OH is 1. The molecule has 1 aromatic rings. The molecule has 3 heteroatoms. The maximum Gasteiger partial charge on any atom is 0.0556 e. The molecular formula is C14H22N2O. The normalized spacial score (nSPS) is 21.6. The molecule has 0 aliphatic carbocycles. The summed E-state index contributed by atoms with van der Waals surface area (Å²) in [6.07, 6.45) is 2.47. The zero-order valence-corrected chi connectivity index (χ0v) is 10.3. The second-order valence-corrected chi connectivity index (χ2v) is 4.74. The van der Waals surface area contributed by atoms with E-state index in [0.29, 0.717) is 12.6 Å². The molecule has 94 valence electrons. The van der Waals surface area contributed by atoms with E-state index in [2.05, 4.69) is 40.5 Å². The lowest BCUT2D eigenvalue weighted by Gasteiger charge is -2.33. The predicted octanol–water partition coefficient (Wildman–Crippen LogP) is 1.23. The van der Waals surface area contributed by atoms with Gasteiger partial charge in [-0.2, -0.15) is 0 Å². The summed E-state index contributed by atoms with van der Waals surface area (Å²) in [7, 11) is 0. The highest BCUT2D eigenvalue weighted by Crippen LogP contribution is 2.13. The third-order valence-electron chi connectivity index (χ3n) is 3.30. The fourth-order valence-electron chi connectivity index (χ4n) is 2.48. The van der Waals surface area contributed by atoms with Gasteiger partial charge in [-0.25, -0.2) is 0 Å². The van der Waals surface area contributed by atoms with E-state index in [-0.39, 0.29) is 6.61 Å². The van der Waals surface area contributed by atoms with Crippen molar-refractivity contribution in [2.75, 3.05) is 26.2 Å². The van der Waals surface area contributed by atoms with Crippen molar-refractivity contribution in [2.24, 2.45) is 0 Å². The van der Waals surface area contributed by atoms with Crippen molar-refractivity contribution in [3.05, 3.63) is 35.9 Å². The molecule has 1 heterocycles. The van der Waals surface area contributed by atoms with Crippen molar-refractivity contribution in [1.82, 2.24) is 10.2 Å². The molecule has 17 heavy (non-hydrogen) atoms. The summed E-state index contributed by atoms with van der Waals surface area (Å²) in [6.45, 7) is 4.26. The summed E-state index contributed by atoms with van der Waals surface area (Å²) in [5, 5.41) is 12.2. The Hall–Kier alpha value is -0.900. The summed E-state index contributed by atoms with van der Waals surface area (Å²) in [6, 6.07) is 11.2. The Bertz CT molecular complexity index is 315. The molecule has 1 fully saturated rings. The van der Waals surface area contributed by atoms with Crippen LogP contribution in [0.4, 0.5) is 0 Å².